The Hall–Kier alpha value is -2.24. The maximum absolute atomic E-state index is 12.2. The number of nitrogens with zero attached hydrogens (tertiary/aromatic N) is 1. The molecule has 0 bridgehead atoms. The number of ether oxygens (including phenoxy) is 2. The second kappa shape index (κ2) is 7.76. The van der Waals surface area contributed by atoms with Gasteiger partial charge in [-0.2, -0.15) is 0 Å². The van der Waals surface area contributed by atoms with Gasteiger partial charge in [0.15, 0.2) is 0 Å². The second-order valence-corrected chi connectivity index (χ2v) is 7.53. The molecule has 0 aromatic heterocycles. The van der Waals surface area contributed by atoms with Gasteiger partial charge in [0.25, 0.3) is 0 Å². The number of likely N-dealkylation sites (tertiary alicyclic amines) is 1. The minimum Gasteiger partial charge on any atom is -0.493 e. The van der Waals surface area contributed by atoms with Gasteiger partial charge >= 0.3 is 12.1 Å². The molecule has 1 saturated heterocycles. The van der Waals surface area contributed by atoms with Gasteiger partial charge in [0.2, 0.25) is 0 Å². The van der Waals surface area contributed by atoms with Gasteiger partial charge in [0.05, 0.1) is 12.2 Å². The highest BCUT2D eigenvalue weighted by atomic mass is 16.6. The Labute approximate surface area is 148 Å². The molecule has 1 aromatic carbocycles. The molecule has 1 N–H and O–H groups in total. The number of carbonyl (C=O) groups excluding carboxylic acids is 1. The Morgan fingerprint density at radius 2 is 2.04 bits per heavy atom. The molecule has 0 aliphatic carbocycles. The van der Waals surface area contributed by atoms with Crippen molar-refractivity contribution in [2.75, 3.05) is 19.7 Å². The number of benzene rings is 1. The number of amides is 1. The quantitative estimate of drug-likeness (QED) is 0.896. The number of carbonyl (C=O) groups is 2. The standard InChI is InChI=1S/C19H27NO5/c1-13-10-15(7-8-16(13)17(21)22)24-12-14-6-5-9-20(11-14)18(23)25-19(2,3)4/h7-8,10,14H,5-6,9,11-12H2,1-4H3,(H,21,22). The van der Waals surface area contributed by atoms with Crippen LogP contribution in [0.3, 0.4) is 0 Å². The van der Waals surface area contributed by atoms with Crippen LogP contribution < -0.4 is 4.74 Å². The highest BCUT2D eigenvalue weighted by Gasteiger charge is 2.28. The van der Waals surface area contributed by atoms with Crippen molar-refractivity contribution in [3.05, 3.63) is 29.3 Å². The van der Waals surface area contributed by atoms with Gasteiger partial charge in [-0.3, -0.25) is 0 Å². The monoisotopic (exact) mass is 349 g/mol. The molecule has 1 aromatic rings. The number of aryl methyl sites for hydroxylation is 1. The van der Waals surface area contributed by atoms with E-state index in [9.17, 15) is 9.59 Å². The summed E-state index contributed by atoms with van der Waals surface area (Å²) in [5.41, 5.74) is 0.453. The van der Waals surface area contributed by atoms with Gasteiger partial charge in [-0.1, -0.05) is 0 Å². The van der Waals surface area contributed by atoms with Crippen LogP contribution >= 0.6 is 0 Å². The predicted molar refractivity (Wildman–Crippen MR) is 94.2 cm³/mol. The van der Waals surface area contributed by atoms with E-state index in [2.05, 4.69) is 0 Å². The summed E-state index contributed by atoms with van der Waals surface area (Å²) < 4.78 is 11.2. The Bertz CT molecular complexity index is 635. The molecule has 0 saturated carbocycles. The van der Waals surface area contributed by atoms with Gasteiger partial charge < -0.3 is 19.5 Å². The third-order valence-corrected chi connectivity index (χ3v) is 4.08. The summed E-state index contributed by atoms with van der Waals surface area (Å²) >= 11 is 0. The summed E-state index contributed by atoms with van der Waals surface area (Å²) in [5, 5.41) is 9.06. The lowest BCUT2D eigenvalue weighted by molar-refractivity contribution is 0.0139. The average molecular weight is 349 g/mol. The van der Waals surface area contributed by atoms with Crippen molar-refractivity contribution in [1.82, 2.24) is 4.90 Å². The lowest BCUT2D eigenvalue weighted by Crippen LogP contribution is -2.44. The van der Waals surface area contributed by atoms with E-state index in [-0.39, 0.29) is 17.6 Å². The molecule has 1 unspecified atom stereocenters. The zero-order valence-corrected chi connectivity index (χ0v) is 15.4. The van der Waals surface area contributed by atoms with E-state index in [0.29, 0.717) is 31.0 Å². The van der Waals surface area contributed by atoms with Crippen LogP contribution in [0.15, 0.2) is 18.2 Å². The Morgan fingerprint density at radius 1 is 1.32 bits per heavy atom. The number of aromatic carboxylic acids is 1. The van der Waals surface area contributed by atoms with Crippen molar-refractivity contribution < 1.29 is 24.2 Å². The van der Waals surface area contributed by atoms with Crippen LogP contribution in [0.25, 0.3) is 0 Å². The molecule has 6 heteroatoms. The Kier molecular flexibility index (Phi) is 5.93. The molecule has 1 aliphatic heterocycles. The zero-order chi connectivity index (χ0) is 18.6. The average Bonchev–Trinajstić information content (AvgIpc) is 2.51. The van der Waals surface area contributed by atoms with Crippen molar-refractivity contribution in [3.8, 4) is 5.75 Å². The first-order valence-electron chi connectivity index (χ1n) is 8.60. The number of rotatable bonds is 4. The predicted octanol–water partition coefficient (Wildman–Crippen LogP) is 3.72. The minimum atomic E-state index is -0.940. The molecule has 138 valence electrons. The fraction of sp³-hybridized carbons (Fsp3) is 0.579. The van der Waals surface area contributed by atoms with E-state index >= 15 is 0 Å². The fourth-order valence-electron chi connectivity index (χ4n) is 2.87. The number of carboxylic acids is 1. The fourth-order valence-corrected chi connectivity index (χ4v) is 2.87. The van der Waals surface area contributed by atoms with Crippen LogP contribution in [0.4, 0.5) is 4.79 Å². The van der Waals surface area contributed by atoms with Crippen molar-refractivity contribution in [2.24, 2.45) is 5.92 Å². The first-order valence-corrected chi connectivity index (χ1v) is 8.60. The molecule has 25 heavy (non-hydrogen) atoms. The molecule has 1 heterocycles. The molecular weight excluding hydrogens is 322 g/mol. The lowest BCUT2D eigenvalue weighted by Gasteiger charge is -2.34. The van der Waals surface area contributed by atoms with Gasteiger partial charge in [-0.05, 0) is 64.3 Å². The van der Waals surface area contributed by atoms with Crippen LogP contribution in [0, 0.1) is 12.8 Å². The second-order valence-electron chi connectivity index (χ2n) is 7.53. The van der Waals surface area contributed by atoms with Crippen molar-refractivity contribution >= 4 is 12.1 Å². The lowest BCUT2D eigenvalue weighted by atomic mass is 9.99. The Morgan fingerprint density at radius 3 is 2.64 bits per heavy atom. The minimum absolute atomic E-state index is 0.237. The maximum atomic E-state index is 12.2. The van der Waals surface area contributed by atoms with Gasteiger partial charge in [-0.25, -0.2) is 9.59 Å². The van der Waals surface area contributed by atoms with E-state index in [1.165, 1.54) is 0 Å². The van der Waals surface area contributed by atoms with Crippen molar-refractivity contribution in [2.45, 2.75) is 46.1 Å². The smallest absolute Gasteiger partial charge is 0.410 e. The molecule has 2 rings (SSSR count). The summed E-state index contributed by atoms with van der Waals surface area (Å²) in [5.74, 6) is -0.0538. The molecule has 6 nitrogen and oxygen atoms in total. The van der Waals surface area contributed by atoms with Gasteiger partial charge in [0.1, 0.15) is 11.4 Å². The summed E-state index contributed by atoms with van der Waals surface area (Å²) in [6.07, 6.45) is 1.63. The first-order chi connectivity index (χ1) is 11.7. The maximum Gasteiger partial charge on any atom is 0.410 e. The highest BCUT2D eigenvalue weighted by molar-refractivity contribution is 5.89. The van der Waals surface area contributed by atoms with Gasteiger partial charge in [-0.15, -0.1) is 0 Å². The summed E-state index contributed by atoms with van der Waals surface area (Å²) in [6.45, 7) is 9.14. The number of hydrogen-bond donors (Lipinski definition) is 1. The summed E-state index contributed by atoms with van der Waals surface area (Å²) in [4.78, 5) is 25.0. The molecule has 1 amide bonds. The van der Waals surface area contributed by atoms with E-state index in [1.54, 1.807) is 30.0 Å². The Balaban J connectivity index is 1.89. The molecule has 1 atom stereocenters. The van der Waals surface area contributed by atoms with Crippen molar-refractivity contribution in [1.29, 1.82) is 0 Å². The molecule has 0 spiro atoms. The zero-order valence-electron chi connectivity index (χ0n) is 15.4. The van der Waals surface area contributed by atoms with Crippen LogP contribution in [0.5, 0.6) is 5.75 Å². The summed E-state index contributed by atoms with van der Waals surface area (Å²) in [7, 11) is 0. The van der Waals surface area contributed by atoms with Crippen molar-refractivity contribution in [3.63, 3.8) is 0 Å². The molecular formula is C19H27NO5. The van der Waals surface area contributed by atoms with Gasteiger partial charge in [0, 0.05) is 19.0 Å². The van der Waals surface area contributed by atoms with Crippen LogP contribution in [0.1, 0.15) is 49.5 Å². The number of carboxylic acid groups (broad SMARTS) is 1. The van der Waals surface area contributed by atoms with E-state index in [0.717, 1.165) is 12.8 Å². The van der Waals surface area contributed by atoms with Crippen LogP contribution in [0.2, 0.25) is 0 Å². The highest BCUT2D eigenvalue weighted by Crippen LogP contribution is 2.22. The third-order valence-electron chi connectivity index (χ3n) is 4.08. The van der Waals surface area contributed by atoms with E-state index in [1.807, 2.05) is 20.8 Å². The van der Waals surface area contributed by atoms with E-state index in [4.69, 9.17) is 14.6 Å². The normalized spacial score (nSPS) is 17.9. The van der Waals surface area contributed by atoms with Crippen LogP contribution in [-0.4, -0.2) is 47.4 Å². The number of piperidine rings is 1. The third kappa shape index (κ3) is 5.66. The summed E-state index contributed by atoms with van der Waals surface area (Å²) in [6, 6.07) is 4.96. The first kappa shape index (κ1) is 19.1. The molecule has 1 fully saturated rings. The molecule has 1 aliphatic rings. The number of hydrogen-bond acceptors (Lipinski definition) is 4. The van der Waals surface area contributed by atoms with Crippen LogP contribution in [-0.2, 0) is 4.74 Å². The van der Waals surface area contributed by atoms with E-state index < -0.39 is 11.6 Å². The SMILES string of the molecule is Cc1cc(OCC2CCCN(C(=O)OC(C)(C)C)C2)ccc1C(=O)O. The molecule has 0 radical (unpaired) electrons. The largest absolute Gasteiger partial charge is 0.493 e. The topological polar surface area (TPSA) is 76.1 Å².